The molecule has 17 heavy (non-hydrogen) atoms. The number of aryl methyl sites for hydroxylation is 2. The first-order valence-corrected chi connectivity index (χ1v) is 5.30. The Balaban J connectivity index is 0.00000144. The van der Waals surface area contributed by atoms with E-state index in [9.17, 15) is 0 Å². The van der Waals surface area contributed by atoms with Crippen molar-refractivity contribution < 1.29 is 0 Å². The van der Waals surface area contributed by atoms with E-state index < -0.39 is 0 Å². The number of benzene rings is 2. The lowest BCUT2D eigenvalue weighted by Gasteiger charge is -2.10. The van der Waals surface area contributed by atoms with Gasteiger partial charge in [0.1, 0.15) is 0 Å². The molecule has 0 aliphatic rings. The standard InChI is InChI=1S/C14H16N2.CH4/c1-9-7-11(15)3-5-13(9)14-6-4-12(16)8-10(14)2;/h3-8H,15-16H2,1-2H3;1H4. The fourth-order valence-electron chi connectivity index (χ4n) is 1.98. The third-order valence-electron chi connectivity index (χ3n) is 2.79. The van der Waals surface area contributed by atoms with Crippen LogP contribution in [0, 0.1) is 13.8 Å². The van der Waals surface area contributed by atoms with Gasteiger partial charge in [0.15, 0.2) is 0 Å². The normalized spacial score (nSPS) is 9.76. The molecule has 0 saturated heterocycles. The molecule has 0 unspecified atom stereocenters. The van der Waals surface area contributed by atoms with Crippen molar-refractivity contribution in [3.8, 4) is 11.1 Å². The second-order valence-corrected chi connectivity index (χ2v) is 4.15. The maximum absolute atomic E-state index is 5.75. The highest BCUT2D eigenvalue weighted by molar-refractivity contribution is 5.73. The van der Waals surface area contributed by atoms with Crippen LogP contribution in [0.5, 0.6) is 0 Å². The average molecular weight is 228 g/mol. The zero-order chi connectivity index (χ0) is 11.7. The van der Waals surface area contributed by atoms with Gasteiger partial charge in [-0.05, 0) is 60.4 Å². The minimum atomic E-state index is 0. The van der Waals surface area contributed by atoms with Crippen molar-refractivity contribution in [3.05, 3.63) is 47.5 Å². The minimum Gasteiger partial charge on any atom is -0.399 e. The Labute approximate surface area is 103 Å². The molecule has 0 fully saturated rings. The van der Waals surface area contributed by atoms with Crippen LogP contribution in [0.1, 0.15) is 18.6 Å². The molecule has 0 saturated carbocycles. The maximum Gasteiger partial charge on any atom is 0.0317 e. The molecule has 0 aliphatic heterocycles. The lowest BCUT2D eigenvalue weighted by atomic mass is 9.96. The highest BCUT2D eigenvalue weighted by Crippen LogP contribution is 2.28. The molecule has 0 aromatic heterocycles. The number of hydrogen-bond donors (Lipinski definition) is 2. The molecule has 2 aromatic carbocycles. The number of nitrogens with two attached hydrogens (primary N) is 2. The second-order valence-electron chi connectivity index (χ2n) is 4.15. The van der Waals surface area contributed by atoms with Crippen LogP contribution >= 0.6 is 0 Å². The van der Waals surface area contributed by atoms with Crippen LogP contribution in [0.25, 0.3) is 11.1 Å². The summed E-state index contributed by atoms with van der Waals surface area (Å²) in [5, 5.41) is 0. The molecule has 2 rings (SSSR count). The molecule has 2 nitrogen and oxygen atoms in total. The summed E-state index contributed by atoms with van der Waals surface area (Å²) in [5.41, 5.74) is 17.9. The summed E-state index contributed by atoms with van der Waals surface area (Å²) in [4.78, 5) is 0. The summed E-state index contributed by atoms with van der Waals surface area (Å²) < 4.78 is 0. The molecule has 0 radical (unpaired) electrons. The lowest BCUT2D eigenvalue weighted by Crippen LogP contribution is -1.92. The van der Waals surface area contributed by atoms with Gasteiger partial charge >= 0.3 is 0 Å². The Morgan fingerprint density at radius 3 is 1.35 bits per heavy atom. The van der Waals surface area contributed by atoms with Gasteiger partial charge in [-0.25, -0.2) is 0 Å². The molecule has 0 heterocycles. The van der Waals surface area contributed by atoms with E-state index in [1.54, 1.807) is 0 Å². The zero-order valence-corrected chi connectivity index (χ0v) is 9.62. The monoisotopic (exact) mass is 228 g/mol. The molecular formula is C15H20N2. The van der Waals surface area contributed by atoms with E-state index in [1.807, 2.05) is 24.3 Å². The van der Waals surface area contributed by atoms with E-state index in [1.165, 1.54) is 22.3 Å². The predicted molar refractivity (Wildman–Crippen MR) is 76.9 cm³/mol. The molecule has 0 aliphatic carbocycles. The van der Waals surface area contributed by atoms with Crippen LogP contribution in [-0.4, -0.2) is 0 Å². The summed E-state index contributed by atoms with van der Waals surface area (Å²) in [6.45, 7) is 4.14. The molecule has 90 valence electrons. The Hall–Kier alpha value is -1.96. The SMILES string of the molecule is C.Cc1cc(N)ccc1-c1ccc(N)cc1C. The molecule has 0 spiro atoms. The van der Waals surface area contributed by atoms with Crippen molar-refractivity contribution in [2.75, 3.05) is 11.5 Å². The third-order valence-corrected chi connectivity index (χ3v) is 2.79. The van der Waals surface area contributed by atoms with Gasteiger partial charge in [-0.2, -0.15) is 0 Å². The van der Waals surface area contributed by atoms with E-state index in [0.717, 1.165) is 11.4 Å². The van der Waals surface area contributed by atoms with Crippen molar-refractivity contribution in [2.45, 2.75) is 21.3 Å². The van der Waals surface area contributed by atoms with Gasteiger partial charge in [-0.3, -0.25) is 0 Å². The fraction of sp³-hybridized carbons (Fsp3) is 0.200. The van der Waals surface area contributed by atoms with Crippen molar-refractivity contribution in [1.82, 2.24) is 0 Å². The summed E-state index contributed by atoms with van der Waals surface area (Å²) in [5.74, 6) is 0. The largest absolute Gasteiger partial charge is 0.399 e. The second kappa shape index (κ2) is 4.91. The Morgan fingerprint density at radius 2 is 1.06 bits per heavy atom. The zero-order valence-electron chi connectivity index (χ0n) is 9.62. The van der Waals surface area contributed by atoms with E-state index in [4.69, 9.17) is 11.5 Å². The van der Waals surface area contributed by atoms with Crippen molar-refractivity contribution in [2.24, 2.45) is 0 Å². The van der Waals surface area contributed by atoms with E-state index in [-0.39, 0.29) is 7.43 Å². The van der Waals surface area contributed by atoms with E-state index in [2.05, 4.69) is 26.0 Å². The van der Waals surface area contributed by atoms with Crippen molar-refractivity contribution in [3.63, 3.8) is 0 Å². The molecule has 4 N–H and O–H groups in total. The van der Waals surface area contributed by atoms with Crippen LogP contribution in [0.3, 0.4) is 0 Å². The van der Waals surface area contributed by atoms with Gasteiger partial charge in [-0.15, -0.1) is 0 Å². The highest BCUT2D eigenvalue weighted by Gasteiger charge is 2.05. The van der Waals surface area contributed by atoms with Crippen molar-refractivity contribution in [1.29, 1.82) is 0 Å². The van der Waals surface area contributed by atoms with Crippen LogP contribution in [-0.2, 0) is 0 Å². The third kappa shape index (κ3) is 2.59. The first-order valence-electron chi connectivity index (χ1n) is 5.30. The molecule has 2 aromatic rings. The number of nitrogen functional groups attached to an aromatic ring is 2. The summed E-state index contributed by atoms with van der Waals surface area (Å²) >= 11 is 0. The van der Waals surface area contributed by atoms with E-state index in [0.29, 0.717) is 0 Å². The summed E-state index contributed by atoms with van der Waals surface area (Å²) in [6, 6.07) is 12.0. The maximum atomic E-state index is 5.75. The molecular weight excluding hydrogens is 208 g/mol. The first kappa shape index (κ1) is 13.1. The number of rotatable bonds is 1. The Bertz CT molecular complexity index is 481. The first-order chi connectivity index (χ1) is 7.58. The molecule has 2 heteroatoms. The van der Waals surface area contributed by atoms with Gasteiger partial charge in [0, 0.05) is 11.4 Å². The van der Waals surface area contributed by atoms with Gasteiger partial charge < -0.3 is 11.5 Å². The van der Waals surface area contributed by atoms with Gasteiger partial charge in [0.25, 0.3) is 0 Å². The Kier molecular flexibility index (Phi) is 3.79. The Morgan fingerprint density at radius 1 is 0.706 bits per heavy atom. The van der Waals surface area contributed by atoms with Crippen LogP contribution in [0.2, 0.25) is 0 Å². The number of anilines is 2. The van der Waals surface area contributed by atoms with Crippen LogP contribution < -0.4 is 11.5 Å². The van der Waals surface area contributed by atoms with Crippen LogP contribution in [0.4, 0.5) is 11.4 Å². The molecule has 0 bridgehead atoms. The van der Waals surface area contributed by atoms with Crippen LogP contribution in [0.15, 0.2) is 36.4 Å². The molecule has 0 amide bonds. The number of hydrogen-bond acceptors (Lipinski definition) is 2. The fourth-order valence-corrected chi connectivity index (χ4v) is 1.98. The topological polar surface area (TPSA) is 52.0 Å². The predicted octanol–water partition coefficient (Wildman–Crippen LogP) is 3.77. The minimum absolute atomic E-state index is 0. The molecule has 0 atom stereocenters. The average Bonchev–Trinajstić information content (AvgIpc) is 2.19. The highest BCUT2D eigenvalue weighted by atomic mass is 14.5. The summed E-state index contributed by atoms with van der Waals surface area (Å²) in [7, 11) is 0. The smallest absolute Gasteiger partial charge is 0.0317 e. The van der Waals surface area contributed by atoms with Gasteiger partial charge in [-0.1, -0.05) is 19.6 Å². The van der Waals surface area contributed by atoms with Gasteiger partial charge in [0.2, 0.25) is 0 Å². The van der Waals surface area contributed by atoms with Gasteiger partial charge in [0.05, 0.1) is 0 Å². The quantitative estimate of drug-likeness (QED) is 0.730. The van der Waals surface area contributed by atoms with E-state index >= 15 is 0 Å². The van der Waals surface area contributed by atoms with Crippen molar-refractivity contribution >= 4 is 11.4 Å². The lowest BCUT2D eigenvalue weighted by molar-refractivity contribution is 1.41. The summed E-state index contributed by atoms with van der Waals surface area (Å²) in [6.07, 6.45) is 0.